The predicted octanol–water partition coefficient (Wildman–Crippen LogP) is 2.51. The molecule has 4 heteroatoms. The van der Waals surface area contributed by atoms with Crippen molar-refractivity contribution in [1.82, 2.24) is 0 Å². The second-order valence-corrected chi connectivity index (χ2v) is 2.02. The first kappa shape index (κ1) is 7.89. The molecular weight excluding hydrogens is 161 g/mol. The van der Waals surface area contributed by atoms with Gasteiger partial charge < -0.3 is 4.74 Å². The molecule has 0 saturated carbocycles. The van der Waals surface area contributed by atoms with Gasteiger partial charge in [0.2, 0.25) is 0 Å². The van der Waals surface area contributed by atoms with Crippen molar-refractivity contribution < 1.29 is 9.53 Å². The van der Waals surface area contributed by atoms with Crippen LogP contribution < -0.4 is 4.74 Å². The second-order valence-electron chi connectivity index (χ2n) is 1.79. The van der Waals surface area contributed by atoms with Crippen molar-refractivity contribution >= 4 is 15.1 Å². The topological polar surface area (TPSA) is 38.7 Å². The smallest absolute Gasteiger partial charge is 0.409 e. The number of para-hydroxylation sites is 1. The summed E-state index contributed by atoms with van der Waals surface area (Å²) >= 11 is 0. The molecule has 0 atom stereocenters. The summed E-state index contributed by atoms with van der Waals surface area (Å²) in [6.07, 6.45) is -0.659. The Balaban J connectivity index is 2.65. The SMILES string of the molecule is O=C(N=P)Oc1ccccc1. The van der Waals surface area contributed by atoms with Crippen LogP contribution in [-0.4, -0.2) is 6.09 Å². The molecule has 3 nitrogen and oxygen atoms in total. The van der Waals surface area contributed by atoms with Crippen molar-refractivity contribution in [2.24, 2.45) is 4.74 Å². The number of benzene rings is 1. The number of carbonyl (C=O) groups excluding carboxylic acids is 1. The number of amides is 1. The van der Waals surface area contributed by atoms with Gasteiger partial charge in [-0.2, -0.15) is 4.74 Å². The van der Waals surface area contributed by atoms with Crippen molar-refractivity contribution in [3.63, 3.8) is 0 Å². The first-order chi connectivity index (χ1) is 5.33. The minimum atomic E-state index is -0.659. The third-order valence-electron chi connectivity index (χ3n) is 1.04. The maximum absolute atomic E-state index is 10.5. The fourth-order valence-corrected chi connectivity index (χ4v) is 0.658. The van der Waals surface area contributed by atoms with Gasteiger partial charge in [0.1, 0.15) is 5.75 Å². The van der Waals surface area contributed by atoms with Crippen LogP contribution in [0, 0.1) is 0 Å². The van der Waals surface area contributed by atoms with E-state index in [1.54, 1.807) is 24.3 Å². The highest BCUT2D eigenvalue weighted by Gasteiger charge is 1.97. The molecule has 0 N–H and O–H groups in total. The molecule has 0 bridgehead atoms. The van der Waals surface area contributed by atoms with E-state index in [1.807, 2.05) is 6.07 Å². The Bertz CT molecular complexity index is 260. The van der Waals surface area contributed by atoms with Crippen LogP contribution in [0.25, 0.3) is 0 Å². The largest absolute Gasteiger partial charge is 0.442 e. The van der Waals surface area contributed by atoms with Gasteiger partial charge in [0.15, 0.2) is 0 Å². The lowest BCUT2D eigenvalue weighted by atomic mass is 10.3. The van der Waals surface area contributed by atoms with E-state index in [-0.39, 0.29) is 0 Å². The molecule has 0 saturated heterocycles. The standard InChI is InChI=1S/C7H6NO2P/c9-7(8-11)10-6-4-2-1-3-5-6/h1-5,11H. The van der Waals surface area contributed by atoms with Crippen molar-refractivity contribution in [1.29, 1.82) is 0 Å². The van der Waals surface area contributed by atoms with Gasteiger partial charge in [-0.1, -0.05) is 18.2 Å². The van der Waals surface area contributed by atoms with Crippen molar-refractivity contribution in [3.8, 4) is 5.75 Å². The molecule has 1 amide bonds. The minimum Gasteiger partial charge on any atom is -0.409 e. The van der Waals surface area contributed by atoms with E-state index in [0.29, 0.717) is 5.75 Å². The maximum Gasteiger partial charge on any atom is 0.442 e. The summed E-state index contributed by atoms with van der Waals surface area (Å²) in [7, 11) is 2.67. The Morgan fingerprint density at radius 1 is 1.36 bits per heavy atom. The van der Waals surface area contributed by atoms with Crippen LogP contribution in [0.5, 0.6) is 5.75 Å². The van der Waals surface area contributed by atoms with Gasteiger partial charge in [0.05, 0.1) is 0 Å². The molecule has 1 aromatic carbocycles. The first-order valence-electron chi connectivity index (χ1n) is 2.97. The van der Waals surface area contributed by atoms with E-state index in [4.69, 9.17) is 4.74 Å². The number of ether oxygens (including phenoxy) is 1. The number of hydrogen-bond acceptors (Lipinski definition) is 2. The minimum absolute atomic E-state index is 0.486. The van der Waals surface area contributed by atoms with Gasteiger partial charge in [0.25, 0.3) is 0 Å². The molecule has 1 rings (SSSR count). The zero-order valence-corrected chi connectivity index (χ0v) is 6.65. The number of hydrogen-bond donors (Lipinski definition) is 0. The molecule has 1 aromatic rings. The first-order valence-corrected chi connectivity index (χ1v) is 3.42. The zero-order valence-electron chi connectivity index (χ0n) is 5.65. The molecule has 0 aliphatic rings. The van der Waals surface area contributed by atoms with Crippen LogP contribution in [0.2, 0.25) is 0 Å². The Labute approximate surface area is 66.3 Å². The van der Waals surface area contributed by atoms with Crippen LogP contribution in [-0.2, 0) is 0 Å². The van der Waals surface area contributed by atoms with Gasteiger partial charge in [0, 0.05) is 9.03 Å². The number of rotatable bonds is 1. The highest BCUT2D eigenvalue weighted by molar-refractivity contribution is 7.04. The lowest BCUT2D eigenvalue weighted by Crippen LogP contribution is -1.99. The lowest BCUT2D eigenvalue weighted by Gasteiger charge is -1.96. The second kappa shape index (κ2) is 3.84. The van der Waals surface area contributed by atoms with Crippen LogP contribution in [0.3, 0.4) is 0 Å². The summed E-state index contributed by atoms with van der Waals surface area (Å²) in [5, 5.41) is 0. The van der Waals surface area contributed by atoms with E-state index in [2.05, 4.69) is 13.8 Å². The molecule has 0 fully saturated rings. The van der Waals surface area contributed by atoms with E-state index >= 15 is 0 Å². The third-order valence-corrected chi connectivity index (χ3v) is 1.22. The van der Waals surface area contributed by atoms with Gasteiger partial charge >= 0.3 is 6.09 Å². The van der Waals surface area contributed by atoms with E-state index in [1.165, 1.54) is 0 Å². The molecule has 0 aliphatic heterocycles. The summed E-state index contributed by atoms with van der Waals surface area (Å²) in [5.41, 5.74) is 0. The Hall–Kier alpha value is -1.21. The fourth-order valence-electron chi connectivity index (χ4n) is 0.612. The number of carbonyl (C=O) groups is 1. The molecule has 0 aromatic heterocycles. The Morgan fingerprint density at radius 3 is 2.55 bits per heavy atom. The van der Waals surface area contributed by atoms with Crippen molar-refractivity contribution in [2.45, 2.75) is 0 Å². The van der Waals surface area contributed by atoms with Crippen LogP contribution in [0.4, 0.5) is 4.79 Å². The molecule has 56 valence electrons. The maximum atomic E-state index is 10.5. The van der Waals surface area contributed by atoms with Crippen LogP contribution in [0.15, 0.2) is 35.1 Å². The van der Waals surface area contributed by atoms with Gasteiger partial charge in [-0.3, -0.25) is 0 Å². The van der Waals surface area contributed by atoms with Crippen LogP contribution >= 0.6 is 9.03 Å². The molecule has 0 spiro atoms. The molecule has 11 heavy (non-hydrogen) atoms. The number of nitrogens with zero attached hydrogens (tertiary/aromatic N) is 1. The quantitative estimate of drug-likeness (QED) is 0.602. The summed E-state index contributed by atoms with van der Waals surface area (Å²) in [6, 6.07) is 8.74. The lowest BCUT2D eigenvalue weighted by molar-refractivity contribution is 0.212. The molecule has 0 heterocycles. The summed E-state index contributed by atoms with van der Waals surface area (Å²) in [6.45, 7) is 0. The molecule has 0 unspecified atom stereocenters. The molecular formula is C7H6NO2P. The highest BCUT2D eigenvalue weighted by Crippen LogP contribution is 2.08. The highest BCUT2D eigenvalue weighted by atomic mass is 31.0. The average molecular weight is 167 g/mol. The van der Waals surface area contributed by atoms with Crippen molar-refractivity contribution in [3.05, 3.63) is 30.3 Å². The Kier molecular flexibility index (Phi) is 2.75. The van der Waals surface area contributed by atoms with Gasteiger partial charge in [-0.25, -0.2) is 4.79 Å². The zero-order chi connectivity index (χ0) is 8.10. The van der Waals surface area contributed by atoms with Gasteiger partial charge in [-0.15, -0.1) is 0 Å². The normalized spacial score (nSPS) is 8.73. The molecule has 0 aliphatic carbocycles. The van der Waals surface area contributed by atoms with Crippen molar-refractivity contribution in [2.75, 3.05) is 0 Å². The molecule has 0 radical (unpaired) electrons. The monoisotopic (exact) mass is 167 g/mol. The van der Waals surface area contributed by atoms with E-state index in [9.17, 15) is 4.79 Å². The Morgan fingerprint density at radius 2 is 2.00 bits per heavy atom. The summed E-state index contributed by atoms with van der Waals surface area (Å²) in [5.74, 6) is 0.486. The van der Waals surface area contributed by atoms with E-state index < -0.39 is 6.09 Å². The summed E-state index contributed by atoms with van der Waals surface area (Å²) < 4.78 is 7.84. The van der Waals surface area contributed by atoms with Gasteiger partial charge in [-0.05, 0) is 12.1 Å². The van der Waals surface area contributed by atoms with Crippen LogP contribution in [0.1, 0.15) is 0 Å². The third kappa shape index (κ3) is 2.48. The van der Waals surface area contributed by atoms with E-state index in [0.717, 1.165) is 0 Å². The summed E-state index contributed by atoms with van der Waals surface area (Å²) in [4.78, 5) is 10.5. The fraction of sp³-hybridized carbons (Fsp3) is 0. The predicted molar refractivity (Wildman–Crippen MR) is 43.2 cm³/mol. The average Bonchev–Trinajstić information content (AvgIpc) is 2.06.